The van der Waals surface area contributed by atoms with Gasteiger partial charge in [0.2, 0.25) is 6.29 Å². The number of carbonyl (C=O) groups is 2. The monoisotopic (exact) mass is 578 g/mol. The molecule has 0 saturated carbocycles. The molecule has 2 heterocycles. The number of ether oxygens (including phenoxy) is 4. The van der Waals surface area contributed by atoms with Crippen molar-refractivity contribution in [3.8, 4) is 17.2 Å². The molecule has 11 heteroatoms. The van der Waals surface area contributed by atoms with E-state index in [1.807, 2.05) is 24.3 Å². The van der Waals surface area contributed by atoms with E-state index in [-0.39, 0.29) is 34.8 Å². The fourth-order valence-corrected chi connectivity index (χ4v) is 4.78. The van der Waals surface area contributed by atoms with Crippen LogP contribution < -0.4 is 9.47 Å². The van der Waals surface area contributed by atoms with Crippen molar-refractivity contribution in [2.45, 2.75) is 43.5 Å². The number of aryl methyl sites for hydroxylation is 1. The van der Waals surface area contributed by atoms with Gasteiger partial charge in [-0.25, -0.2) is 4.79 Å². The molecule has 0 spiro atoms. The Morgan fingerprint density at radius 3 is 2.50 bits per heavy atom. The molecule has 0 amide bonds. The number of fused-ring (bicyclic) bond motifs is 1. The van der Waals surface area contributed by atoms with E-state index in [0.717, 1.165) is 16.5 Å². The van der Waals surface area contributed by atoms with Crippen molar-refractivity contribution in [2.24, 2.45) is 0 Å². The summed E-state index contributed by atoms with van der Waals surface area (Å²) in [4.78, 5) is 25.8. The molecule has 1 aromatic heterocycles. The van der Waals surface area contributed by atoms with E-state index in [9.17, 15) is 30.0 Å². The second kappa shape index (κ2) is 12.6. The summed E-state index contributed by atoms with van der Waals surface area (Å²) in [5.41, 5.74) is 1.64. The van der Waals surface area contributed by atoms with Gasteiger partial charge in [-0.15, -0.1) is 0 Å². The number of carbonyl (C=O) groups excluding carboxylic acids is 2. The molecule has 0 aliphatic carbocycles. The van der Waals surface area contributed by atoms with Gasteiger partial charge in [0, 0.05) is 11.8 Å². The summed E-state index contributed by atoms with van der Waals surface area (Å²) in [5, 5.41) is 43.0. The number of para-hydroxylation sites is 1. The first kappa shape index (κ1) is 29.1. The molecular formula is C31H30O11. The molecular weight excluding hydrogens is 548 g/mol. The van der Waals surface area contributed by atoms with Crippen LogP contribution >= 0.6 is 0 Å². The minimum atomic E-state index is -1.73. The Kier molecular flexibility index (Phi) is 8.74. The van der Waals surface area contributed by atoms with Crippen LogP contribution in [0.25, 0.3) is 11.0 Å². The third-order valence-corrected chi connectivity index (χ3v) is 7.06. The molecule has 1 saturated heterocycles. The molecule has 42 heavy (non-hydrogen) atoms. The largest absolute Gasteiger partial charge is 0.507 e. The van der Waals surface area contributed by atoms with Crippen molar-refractivity contribution < 1.29 is 53.4 Å². The van der Waals surface area contributed by atoms with E-state index in [1.165, 1.54) is 31.4 Å². The molecule has 4 aromatic rings. The Hall–Kier alpha value is -4.42. The lowest BCUT2D eigenvalue weighted by molar-refractivity contribution is -0.277. The van der Waals surface area contributed by atoms with Crippen molar-refractivity contribution in [2.75, 3.05) is 13.7 Å². The van der Waals surface area contributed by atoms with E-state index >= 15 is 0 Å². The lowest BCUT2D eigenvalue weighted by Gasteiger charge is -2.40. The number of phenols is 1. The number of aliphatic hydroxyl groups excluding tert-OH is 3. The standard InChI is InChI=1S/C31H30O11/c1-38-23-7-3-2-5-19(23)30(37)40-16-25-27(34)28(35)29(36)31(42-25)41-24-8-4-6-20(32)26(24)21(33)11-9-17-10-12-22-18(15-17)13-14-39-22/h2-8,10,12-15,25,27-29,31-32,34-36H,9,11,16H2,1H3/t25-,27-,28+,29-,31-/m1/s1. The van der Waals surface area contributed by atoms with Gasteiger partial charge < -0.3 is 43.8 Å². The molecule has 220 valence electrons. The zero-order valence-electron chi connectivity index (χ0n) is 22.6. The molecule has 11 nitrogen and oxygen atoms in total. The fourth-order valence-electron chi connectivity index (χ4n) is 4.78. The lowest BCUT2D eigenvalue weighted by atomic mass is 9.98. The third-order valence-electron chi connectivity index (χ3n) is 7.06. The first-order valence-electron chi connectivity index (χ1n) is 13.2. The van der Waals surface area contributed by atoms with Gasteiger partial charge in [0.15, 0.2) is 5.78 Å². The Morgan fingerprint density at radius 2 is 1.69 bits per heavy atom. The van der Waals surface area contributed by atoms with Crippen LogP contribution in [0.1, 0.15) is 32.7 Å². The lowest BCUT2D eigenvalue weighted by Crippen LogP contribution is -2.60. The predicted molar refractivity (Wildman–Crippen MR) is 148 cm³/mol. The van der Waals surface area contributed by atoms with Gasteiger partial charge in [-0.1, -0.05) is 24.3 Å². The summed E-state index contributed by atoms with van der Waals surface area (Å²) in [6.45, 7) is -0.492. The maximum Gasteiger partial charge on any atom is 0.342 e. The second-order valence-electron chi connectivity index (χ2n) is 9.80. The zero-order valence-corrected chi connectivity index (χ0v) is 22.6. The van der Waals surface area contributed by atoms with Gasteiger partial charge in [-0.05, 0) is 54.4 Å². The molecule has 0 unspecified atom stereocenters. The number of Topliss-reactive ketones (excluding diaryl/α,β-unsaturated/α-hetero) is 1. The smallest absolute Gasteiger partial charge is 0.342 e. The summed E-state index contributed by atoms with van der Waals surface area (Å²) in [6, 6.07) is 18.0. The number of ketones is 1. The van der Waals surface area contributed by atoms with E-state index in [2.05, 4.69) is 0 Å². The van der Waals surface area contributed by atoms with Crippen LogP contribution in [0.3, 0.4) is 0 Å². The number of hydrogen-bond acceptors (Lipinski definition) is 11. The van der Waals surface area contributed by atoms with Crippen molar-refractivity contribution in [1.29, 1.82) is 0 Å². The molecule has 1 aliphatic rings. The Balaban J connectivity index is 1.28. The molecule has 0 radical (unpaired) electrons. The highest BCUT2D eigenvalue weighted by Crippen LogP contribution is 2.33. The van der Waals surface area contributed by atoms with Crippen LogP contribution in [0, 0.1) is 0 Å². The summed E-state index contributed by atoms with van der Waals surface area (Å²) in [5.74, 6) is -1.33. The first-order valence-corrected chi connectivity index (χ1v) is 13.2. The van der Waals surface area contributed by atoms with Crippen LogP contribution in [-0.2, 0) is 15.9 Å². The van der Waals surface area contributed by atoms with E-state index in [4.69, 9.17) is 23.4 Å². The molecule has 1 fully saturated rings. The van der Waals surface area contributed by atoms with E-state index in [1.54, 1.807) is 24.5 Å². The summed E-state index contributed by atoms with van der Waals surface area (Å²) >= 11 is 0. The number of furan rings is 1. The number of aromatic hydroxyl groups is 1. The number of rotatable bonds is 10. The van der Waals surface area contributed by atoms with Gasteiger partial charge in [-0.3, -0.25) is 4.79 Å². The number of hydrogen-bond donors (Lipinski definition) is 4. The minimum absolute atomic E-state index is 0.0359. The maximum absolute atomic E-state index is 13.2. The van der Waals surface area contributed by atoms with Gasteiger partial charge in [-0.2, -0.15) is 0 Å². The first-order chi connectivity index (χ1) is 20.3. The zero-order chi connectivity index (χ0) is 29.8. The van der Waals surface area contributed by atoms with Gasteiger partial charge in [0.1, 0.15) is 65.0 Å². The number of aliphatic hydroxyl groups is 3. The predicted octanol–water partition coefficient (Wildman–Crippen LogP) is 3.01. The number of methoxy groups -OCH3 is 1. The normalized spacial score (nSPS) is 22.0. The highest BCUT2D eigenvalue weighted by atomic mass is 16.7. The highest BCUT2D eigenvalue weighted by Gasteiger charge is 2.46. The Morgan fingerprint density at radius 1 is 0.905 bits per heavy atom. The Labute approximate surface area is 240 Å². The molecule has 4 N–H and O–H groups in total. The van der Waals surface area contributed by atoms with Crippen LogP contribution in [0.5, 0.6) is 17.2 Å². The van der Waals surface area contributed by atoms with E-state index in [0.29, 0.717) is 6.42 Å². The molecule has 1 aliphatic heterocycles. The van der Waals surface area contributed by atoms with E-state index < -0.39 is 49.1 Å². The Bertz CT molecular complexity index is 1560. The topological polar surface area (TPSA) is 165 Å². The molecule has 0 bridgehead atoms. The van der Waals surface area contributed by atoms with Gasteiger partial charge in [0.25, 0.3) is 0 Å². The quantitative estimate of drug-likeness (QED) is 0.161. The average molecular weight is 579 g/mol. The SMILES string of the molecule is COc1ccccc1C(=O)OC[C@H]1O[C@@H](Oc2cccc(O)c2C(=O)CCc2ccc3occc3c2)[C@H](O)[C@@H](O)[C@@H]1O. The van der Waals surface area contributed by atoms with Crippen molar-refractivity contribution >= 4 is 22.7 Å². The number of phenolic OH excluding ortho intramolecular Hbond substituents is 1. The summed E-state index contributed by atoms with van der Waals surface area (Å²) < 4.78 is 27.3. The van der Waals surface area contributed by atoms with Crippen molar-refractivity contribution in [3.63, 3.8) is 0 Å². The average Bonchev–Trinajstić information content (AvgIpc) is 3.47. The number of benzene rings is 3. The number of esters is 1. The minimum Gasteiger partial charge on any atom is -0.507 e. The van der Waals surface area contributed by atoms with Crippen LogP contribution in [0.2, 0.25) is 0 Å². The van der Waals surface area contributed by atoms with Crippen LogP contribution in [0.15, 0.2) is 77.4 Å². The summed E-state index contributed by atoms with van der Waals surface area (Å²) in [6.07, 6.45) is -5.95. The van der Waals surface area contributed by atoms with Crippen molar-refractivity contribution in [1.82, 2.24) is 0 Å². The van der Waals surface area contributed by atoms with Crippen molar-refractivity contribution in [3.05, 3.63) is 89.7 Å². The molecule has 5 rings (SSSR count). The fraction of sp³-hybridized carbons (Fsp3) is 0.290. The second-order valence-corrected chi connectivity index (χ2v) is 9.80. The third kappa shape index (κ3) is 6.09. The molecule has 3 aromatic carbocycles. The highest BCUT2D eigenvalue weighted by molar-refractivity contribution is 6.01. The van der Waals surface area contributed by atoms with Crippen LogP contribution in [-0.4, -0.2) is 76.6 Å². The molecule has 5 atom stereocenters. The van der Waals surface area contributed by atoms with Gasteiger partial charge in [0.05, 0.1) is 13.4 Å². The van der Waals surface area contributed by atoms with Gasteiger partial charge >= 0.3 is 5.97 Å². The maximum atomic E-state index is 13.2. The summed E-state index contributed by atoms with van der Waals surface area (Å²) in [7, 11) is 1.40. The van der Waals surface area contributed by atoms with Crippen LogP contribution in [0.4, 0.5) is 0 Å².